The number of thiocarbonyl (C=S) groups is 1. The molecular formula is C32H32F3N5OS. The maximum absolute atomic E-state index is 13.6. The molecular weight excluding hydrogens is 559 g/mol. The molecule has 0 radical (unpaired) electrons. The van der Waals surface area contributed by atoms with Crippen molar-refractivity contribution >= 4 is 34.6 Å². The molecule has 2 atom stereocenters. The molecule has 2 aromatic heterocycles. The molecule has 42 heavy (non-hydrogen) atoms. The molecule has 0 saturated carbocycles. The molecule has 4 aromatic rings. The van der Waals surface area contributed by atoms with Gasteiger partial charge >= 0.3 is 6.18 Å². The Morgan fingerprint density at radius 1 is 1.00 bits per heavy atom. The SMILES string of the molecule is Cc1cc(N2C(=S)NC(c3ccccn3)C2c2cc(C)n(-c3cccc(C(F)(F)F)c3)c2C)ccc1NC(=O)C(C)C. The van der Waals surface area contributed by atoms with E-state index >= 15 is 0 Å². The van der Waals surface area contributed by atoms with Crippen LogP contribution < -0.4 is 15.5 Å². The molecule has 0 aliphatic carbocycles. The van der Waals surface area contributed by atoms with Crippen molar-refractivity contribution in [3.05, 3.63) is 107 Å². The number of carbonyl (C=O) groups excluding carboxylic acids is 1. The van der Waals surface area contributed by atoms with E-state index in [-0.39, 0.29) is 23.9 Å². The van der Waals surface area contributed by atoms with Crippen molar-refractivity contribution in [1.82, 2.24) is 14.9 Å². The molecule has 1 saturated heterocycles. The number of benzene rings is 2. The van der Waals surface area contributed by atoms with E-state index in [0.717, 1.165) is 45.6 Å². The molecule has 1 aliphatic rings. The van der Waals surface area contributed by atoms with Gasteiger partial charge in [0.05, 0.1) is 23.3 Å². The number of nitrogens with one attached hydrogen (secondary N) is 2. The largest absolute Gasteiger partial charge is 0.416 e. The lowest BCUT2D eigenvalue weighted by atomic mass is 9.96. The number of amides is 1. The minimum absolute atomic E-state index is 0.0701. The van der Waals surface area contributed by atoms with Crippen LogP contribution in [0.3, 0.4) is 0 Å². The zero-order chi connectivity index (χ0) is 30.3. The summed E-state index contributed by atoms with van der Waals surface area (Å²) in [5.41, 5.74) is 5.42. The molecule has 0 spiro atoms. The van der Waals surface area contributed by atoms with Gasteiger partial charge in [-0.25, -0.2) is 0 Å². The van der Waals surface area contributed by atoms with Crippen LogP contribution in [0.1, 0.15) is 59.7 Å². The molecule has 2 N–H and O–H groups in total. The molecule has 218 valence electrons. The van der Waals surface area contributed by atoms with Gasteiger partial charge in [-0.2, -0.15) is 13.2 Å². The highest BCUT2D eigenvalue weighted by molar-refractivity contribution is 7.80. The van der Waals surface area contributed by atoms with Gasteiger partial charge in [-0.1, -0.05) is 26.0 Å². The predicted octanol–water partition coefficient (Wildman–Crippen LogP) is 7.59. The van der Waals surface area contributed by atoms with Crippen LogP contribution >= 0.6 is 12.2 Å². The van der Waals surface area contributed by atoms with Gasteiger partial charge in [0.2, 0.25) is 5.91 Å². The van der Waals surface area contributed by atoms with Crippen LogP contribution in [-0.2, 0) is 11.0 Å². The van der Waals surface area contributed by atoms with E-state index in [1.807, 2.05) is 86.6 Å². The second kappa shape index (κ2) is 11.2. The number of pyridine rings is 1. The average molecular weight is 592 g/mol. The zero-order valence-electron chi connectivity index (χ0n) is 24.0. The highest BCUT2D eigenvalue weighted by Gasteiger charge is 2.42. The van der Waals surface area contributed by atoms with Crippen LogP contribution in [0.5, 0.6) is 0 Å². The van der Waals surface area contributed by atoms with Crippen LogP contribution in [0.4, 0.5) is 24.5 Å². The molecule has 2 unspecified atom stereocenters. The van der Waals surface area contributed by atoms with E-state index in [2.05, 4.69) is 15.6 Å². The first-order valence-corrected chi connectivity index (χ1v) is 14.1. The van der Waals surface area contributed by atoms with Crippen molar-refractivity contribution in [2.45, 2.75) is 52.9 Å². The Morgan fingerprint density at radius 2 is 1.76 bits per heavy atom. The number of alkyl halides is 3. The highest BCUT2D eigenvalue weighted by Crippen LogP contribution is 2.44. The van der Waals surface area contributed by atoms with E-state index in [1.165, 1.54) is 12.1 Å². The third kappa shape index (κ3) is 5.51. The molecule has 6 nitrogen and oxygen atoms in total. The van der Waals surface area contributed by atoms with Crippen molar-refractivity contribution in [3.63, 3.8) is 0 Å². The summed E-state index contributed by atoms with van der Waals surface area (Å²) in [5.74, 6) is -0.227. The van der Waals surface area contributed by atoms with Crippen molar-refractivity contribution in [3.8, 4) is 5.69 Å². The minimum Gasteiger partial charge on any atom is -0.351 e. The Balaban J connectivity index is 1.62. The van der Waals surface area contributed by atoms with E-state index in [0.29, 0.717) is 10.8 Å². The molecule has 2 aromatic carbocycles. The fraction of sp³-hybridized carbons (Fsp3) is 0.281. The first-order chi connectivity index (χ1) is 19.9. The summed E-state index contributed by atoms with van der Waals surface area (Å²) in [6.07, 6.45) is -2.73. The van der Waals surface area contributed by atoms with Gasteiger partial charge in [0.25, 0.3) is 0 Å². The van der Waals surface area contributed by atoms with Crippen LogP contribution in [-0.4, -0.2) is 20.6 Å². The molecule has 0 bridgehead atoms. The number of aryl methyl sites for hydroxylation is 2. The zero-order valence-corrected chi connectivity index (χ0v) is 24.8. The van der Waals surface area contributed by atoms with Crippen LogP contribution in [0.2, 0.25) is 0 Å². The lowest BCUT2D eigenvalue weighted by Gasteiger charge is -2.29. The first-order valence-electron chi connectivity index (χ1n) is 13.7. The third-order valence-electron chi connectivity index (χ3n) is 7.59. The van der Waals surface area contributed by atoms with Gasteiger partial charge in [-0.05, 0) is 98.7 Å². The summed E-state index contributed by atoms with van der Waals surface area (Å²) in [6, 6.07) is 18.1. The summed E-state index contributed by atoms with van der Waals surface area (Å²) in [5, 5.41) is 6.91. The van der Waals surface area contributed by atoms with E-state index in [4.69, 9.17) is 12.2 Å². The van der Waals surface area contributed by atoms with Crippen LogP contribution in [0.15, 0.2) is 72.9 Å². The first kappa shape index (κ1) is 29.3. The van der Waals surface area contributed by atoms with Crippen LogP contribution in [0, 0.1) is 26.7 Å². The fourth-order valence-electron chi connectivity index (χ4n) is 5.47. The Bertz CT molecular complexity index is 1650. The number of nitrogens with zero attached hydrogens (tertiary/aromatic N) is 3. The standard InChI is InChI=1S/C32H32F3N5OS/c1-18(2)30(41)37-26-13-12-24(15-19(26)3)40-29(28(38-31(40)42)27-11-6-7-14-36-27)25-16-20(4)39(21(25)5)23-10-8-9-22(17-23)32(33,34)35/h6-18,28-29H,1-5H3,(H,37,41)(H,38,42). The number of anilines is 2. The molecule has 10 heteroatoms. The van der Waals surface area contributed by atoms with Crippen molar-refractivity contribution in [1.29, 1.82) is 0 Å². The number of carbonyl (C=O) groups is 1. The molecule has 3 heterocycles. The highest BCUT2D eigenvalue weighted by atomic mass is 32.1. The lowest BCUT2D eigenvalue weighted by Crippen LogP contribution is -2.29. The van der Waals surface area contributed by atoms with Crippen LogP contribution in [0.25, 0.3) is 5.69 Å². The lowest BCUT2D eigenvalue weighted by molar-refractivity contribution is -0.137. The van der Waals surface area contributed by atoms with E-state index in [9.17, 15) is 18.0 Å². The average Bonchev–Trinajstić information content (AvgIpc) is 3.44. The van der Waals surface area contributed by atoms with Gasteiger partial charge in [0.15, 0.2) is 5.11 Å². The second-order valence-electron chi connectivity index (χ2n) is 10.8. The maximum Gasteiger partial charge on any atom is 0.416 e. The Hall–Kier alpha value is -4.18. The normalized spacial score (nSPS) is 17.1. The monoisotopic (exact) mass is 591 g/mol. The van der Waals surface area contributed by atoms with Gasteiger partial charge in [0, 0.05) is 40.6 Å². The molecule has 1 fully saturated rings. The third-order valence-corrected chi connectivity index (χ3v) is 7.90. The predicted molar refractivity (Wildman–Crippen MR) is 163 cm³/mol. The Kier molecular flexibility index (Phi) is 7.85. The van der Waals surface area contributed by atoms with Gasteiger partial charge < -0.3 is 20.1 Å². The van der Waals surface area contributed by atoms with E-state index in [1.54, 1.807) is 12.3 Å². The number of halogens is 3. The quantitative estimate of drug-likeness (QED) is 0.226. The molecule has 5 rings (SSSR count). The molecule has 1 aliphatic heterocycles. The van der Waals surface area contributed by atoms with Gasteiger partial charge in [-0.15, -0.1) is 0 Å². The summed E-state index contributed by atoms with van der Waals surface area (Å²) in [6.45, 7) is 9.40. The summed E-state index contributed by atoms with van der Waals surface area (Å²) in [7, 11) is 0. The van der Waals surface area contributed by atoms with Crippen molar-refractivity contribution in [2.75, 3.05) is 10.2 Å². The van der Waals surface area contributed by atoms with Crippen molar-refractivity contribution < 1.29 is 18.0 Å². The molecule has 1 amide bonds. The summed E-state index contributed by atoms with van der Waals surface area (Å²) < 4.78 is 42.5. The smallest absolute Gasteiger partial charge is 0.351 e. The summed E-state index contributed by atoms with van der Waals surface area (Å²) >= 11 is 5.88. The summed E-state index contributed by atoms with van der Waals surface area (Å²) in [4.78, 5) is 19.0. The Labute approximate surface area is 248 Å². The second-order valence-corrected chi connectivity index (χ2v) is 11.2. The number of hydrogen-bond donors (Lipinski definition) is 2. The van der Waals surface area contributed by atoms with Crippen molar-refractivity contribution in [2.24, 2.45) is 5.92 Å². The van der Waals surface area contributed by atoms with E-state index < -0.39 is 11.7 Å². The number of rotatable bonds is 6. The number of aromatic nitrogens is 2. The minimum atomic E-state index is -4.45. The van der Waals surface area contributed by atoms with Gasteiger partial charge in [0.1, 0.15) is 0 Å². The fourth-order valence-corrected chi connectivity index (χ4v) is 5.82. The Morgan fingerprint density at radius 3 is 2.40 bits per heavy atom. The maximum atomic E-state index is 13.6. The topological polar surface area (TPSA) is 62.2 Å². The number of hydrogen-bond acceptors (Lipinski definition) is 3. The van der Waals surface area contributed by atoms with Gasteiger partial charge in [-0.3, -0.25) is 9.78 Å².